The van der Waals surface area contributed by atoms with Crippen molar-refractivity contribution in [2.24, 2.45) is 5.92 Å². The number of aliphatic carboxylic acids is 1. The summed E-state index contributed by atoms with van der Waals surface area (Å²) in [5, 5.41) is 17.4. The maximum Gasteiger partial charge on any atom is 0.307 e. The van der Waals surface area contributed by atoms with E-state index in [2.05, 4.69) is 4.72 Å². The van der Waals surface area contributed by atoms with E-state index in [4.69, 9.17) is 10.4 Å². The molecule has 0 amide bonds. The van der Waals surface area contributed by atoms with Gasteiger partial charge in [0.25, 0.3) is 0 Å². The third-order valence-electron chi connectivity index (χ3n) is 3.00. The average molecular weight is 296 g/mol. The molecule has 0 spiro atoms. The van der Waals surface area contributed by atoms with Crippen LogP contribution in [0.1, 0.15) is 19.4 Å². The number of nitrogens with zero attached hydrogens (tertiary/aromatic N) is 1. The van der Waals surface area contributed by atoms with Crippen LogP contribution in [0.25, 0.3) is 0 Å². The van der Waals surface area contributed by atoms with Gasteiger partial charge in [0.2, 0.25) is 10.0 Å². The summed E-state index contributed by atoms with van der Waals surface area (Å²) >= 11 is 0. The predicted octanol–water partition coefficient (Wildman–Crippen LogP) is 1.14. The molecule has 108 valence electrons. The van der Waals surface area contributed by atoms with E-state index in [1.807, 2.05) is 6.07 Å². The number of hydrogen-bond donors (Lipinski definition) is 2. The zero-order valence-corrected chi connectivity index (χ0v) is 12.0. The van der Waals surface area contributed by atoms with Crippen molar-refractivity contribution in [3.05, 3.63) is 29.8 Å². The summed E-state index contributed by atoms with van der Waals surface area (Å²) in [6.07, 6.45) is 0.209. The van der Waals surface area contributed by atoms with Crippen LogP contribution in [0.3, 0.4) is 0 Å². The molecule has 0 saturated heterocycles. The normalized spacial score (nSPS) is 14.2. The lowest BCUT2D eigenvalue weighted by Gasteiger charge is -2.17. The van der Waals surface area contributed by atoms with Gasteiger partial charge in [-0.15, -0.1) is 0 Å². The molecule has 20 heavy (non-hydrogen) atoms. The number of carboxylic acid groups (broad SMARTS) is 1. The molecule has 0 heterocycles. The number of carbonyl (C=O) groups is 1. The molecule has 0 bridgehead atoms. The molecule has 0 aromatic heterocycles. The summed E-state index contributed by atoms with van der Waals surface area (Å²) in [6, 6.07) is 7.15. The van der Waals surface area contributed by atoms with Gasteiger partial charge in [-0.1, -0.05) is 19.1 Å². The van der Waals surface area contributed by atoms with Gasteiger partial charge >= 0.3 is 5.97 Å². The van der Waals surface area contributed by atoms with Crippen molar-refractivity contribution in [2.75, 3.05) is 0 Å². The van der Waals surface area contributed by atoms with Crippen molar-refractivity contribution in [3.63, 3.8) is 0 Å². The summed E-state index contributed by atoms with van der Waals surface area (Å²) in [6.45, 7) is 2.94. The Labute approximate surface area is 118 Å². The van der Waals surface area contributed by atoms with Crippen LogP contribution in [0.4, 0.5) is 0 Å². The first-order chi connectivity index (χ1) is 9.27. The van der Waals surface area contributed by atoms with Crippen molar-refractivity contribution < 1.29 is 18.3 Å². The van der Waals surface area contributed by atoms with E-state index in [1.165, 1.54) is 26.0 Å². The Bertz CT molecular complexity index is 617. The van der Waals surface area contributed by atoms with Gasteiger partial charge in [0.05, 0.1) is 23.3 Å². The van der Waals surface area contributed by atoms with Crippen LogP contribution >= 0.6 is 0 Å². The zero-order valence-electron chi connectivity index (χ0n) is 11.2. The third kappa shape index (κ3) is 4.05. The van der Waals surface area contributed by atoms with Gasteiger partial charge in [-0.2, -0.15) is 5.26 Å². The number of hydrogen-bond acceptors (Lipinski definition) is 4. The molecule has 1 aromatic carbocycles. The summed E-state index contributed by atoms with van der Waals surface area (Å²) in [7, 11) is -3.77. The standard InChI is InChI=1S/C13H16N2O4S/c1-9(13(16)17)10(2)15-20(18,19)12-5-3-11(4-6-12)7-8-14/h3-6,9-10,15H,7H2,1-2H3,(H,16,17). The maximum absolute atomic E-state index is 12.1. The van der Waals surface area contributed by atoms with E-state index < -0.39 is 28.0 Å². The number of nitriles is 1. The molecule has 0 fully saturated rings. The van der Waals surface area contributed by atoms with Crippen molar-refractivity contribution in [1.29, 1.82) is 5.26 Å². The molecule has 1 rings (SSSR count). The van der Waals surface area contributed by atoms with Gasteiger partial charge in [0.15, 0.2) is 0 Å². The van der Waals surface area contributed by atoms with Crippen molar-refractivity contribution >= 4 is 16.0 Å². The highest BCUT2D eigenvalue weighted by atomic mass is 32.2. The zero-order chi connectivity index (χ0) is 15.3. The summed E-state index contributed by atoms with van der Waals surface area (Å²) < 4.78 is 26.5. The fraction of sp³-hybridized carbons (Fsp3) is 0.385. The van der Waals surface area contributed by atoms with Gasteiger partial charge in [0, 0.05) is 6.04 Å². The second-order valence-electron chi connectivity index (χ2n) is 4.52. The first-order valence-electron chi connectivity index (χ1n) is 5.99. The largest absolute Gasteiger partial charge is 0.481 e. The molecule has 7 heteroatoms. The number of nitrogens with one attached hydrogen (secondary N) is 1. The molecule has 1 aromatic rings. The van der Waals surface area contributed by atoms with Gasteiger partial charge in [-0.25, -0.2) is 13.1 Å². The van der Waals surface area contributed by atoms with Crippen LogP contribution in [0.15, 0.2) is 29.2 Å². The van der Waals surface area contributed by atoms with Crippen LogP contribution in [0, 0.1) is 17.2 Å². The van der Waals surface area contributed by atoms with E-state index in [0.29, 0.717) is 0 Å². The van der Waals surface area contributed by atoms with Crippen LogP contribution in [0.5, 0.6) is 0 Å². The Morgan fingerprint density at radius 1 is 1.35 bits per heavy atom. The minimum absolute atomic E-state index is 0.0450. The van der Waals surface area contributed by atoms with E-state index in [0.717, 1.165) is 5.56 Å². The fourth-order valence-corrected chi connectivity index (χ4v) is 2.83. The first kappa shape index (κ1) is 16.1. The number of rotatable bonds is 6. The molecule has 0 aliphatic heterocycles. The quantitative estimate of drug-likeness (QED) is 0.818. The van der Waals surface area contributed by atoms with Gasteiger partial charge in [-0.05, 0) is 24.6 Å². The predicted molar refractivity (Wildman–Crippen MR) is 72.3 cm³/mol. The first-order valence-corrected chi connectivity index (χ1v) is 7.47. The highest BCUT2D eigenvalue weighted by molar-refractivity contribution is 7.89. The van der Waals surface area contributed by atoms with Crippen molar-refractivity contribution in [3.8, 4) is 6.07 Å². The molecule has 2 atom stereocenters. The lowest BCUT2D eigenvalue weighted by atomic mass is 10.1. The number of benzene rings is 1. The second-order valence-corrected chi connectivity index (χ2v) is 6.23. The molecule has 6 nitrogen and oxygen atoms in total. The topological polar surface area (TPSA) is 107 Å². The third-order valence-corrected chi connectivity index (χ3v) is 4.57. The lowest BCUT2D eigenvalue weighted by molar-refractivity contribution is -0.141. The highest BCUT2D eigenvalue weighted by Gasteiger charge is 2.25. The van der Waals surface area contributed by atoms with Crippen LogP contribution in [-0.4, -0.2) is 25.5 Å². The second kappa shape index (κ2) is 6.50. The van der Waals surface area contributed by atoms with E-state index in [1.54, 1.807) is 12.1 Å². The molecule has 0 aliphatic carbocycles. The summed E-state index contributed by atoms with van der Waals surface area (Å²) in [4.78, 5) is 10.9. The van der Waals surface area contributed by atoms with Crippen molar-refractivity contribution in [1.82, 2.24) is 4.72 Å². The SMILES string of the molecule is CC(NS(=O)(=O)c1ccc(CC#N)cc1)C(C)C(=O)O. The van der Waals surface area contributed by atoms with Gasteiger partial charge in [-0.3, -0.25) is 4.79 Å². The Balaban J connectivity index is 2.89. The monoisotopic (exact) mass is 296 g/mol. The molecule has 0 aliphatic rings. The Morgan fingerprint density at radius 2 is 1.90 bits per heavy atom. The van der Waals surface area contributed by atoms with Crippen LogP contribution < -0.4 is 4.72 Å². The lowest BCUT2D eigenvalue weighted by Crippen LogP contribution is -2.39. The van der Waals surface area contributed by atoms with E-state index in [9.17, 15) is 13.2 Å². The molecular weight excluding hydrogens is 280 g/mol. The molecule has 0 radical (unpaired) electrons. The molecular formula is C13H16N2O4S. The Kier molecular flexibility index (Phi) is 5.25. The maximum atomic E-state index is 12.1. The van der Waals surface area contributed by atoms with E-state index >= 15 is 0 Å². The highest BCUT2D eigenvalue weighted by Crippen LogP contribution is 2.13. The minimum Gasteiger partial charge on any atom is -0.481 e. The van der Waals surface area contributed by atoms with Crippen LogP contribution in [-0.2, 0) is 21.2 Å². The minimum atomic E-state index is -3.77. The molecule has 0 saturated carbocycles. The van der Waals surface area contributed by atoms with E-state index in [-0.39, 0.29) is 11.3 Å². The van der Waals surface area contributed by atoms with Crippen LogP contribution in [0.2, 0.25) is 0 Å². The average Bonchev–Trinajstić information content (AvgIpc) is 2.38. The Morgan fingerprint density at radius 3 is 2.35 bits per heavy atom. The van der Waals surface area contributed by atoms with Gasteiger partial charge < -0.3 is 5.11 Å². The molecule has 2 N–H and O–H groups in total. The molecule has 2 unspecified atom stereocenters. The summed E-state index contributed by atoms with van der Waals surface area (Å²) in [5.41, 5.74) is 0.721. The number of sulfonamides is 1. The van der Waals surface area contributed by atoms with Gasteiger partial charge in [0.1, 0.15) is 0 Å². The van der Waals surface area contributed by atoms with Crippen molar-refractivity contribution in [2.45, 2.75) is 31.2 Å². The smallest absolute Gasteiger partial charge is 0.307 e. The fourth-order valence-electron chi connectivity index (χ4n) is 1.51. The number of carboxylic acids is 1. The Hall–Kier alpha value is -1.91. The summed E-state index contributed by atoms with van der Waals surface area (Å²) in [5.74, 6) is -1.90.